The fraction of sp³-hybridized carbons (Fsp3) is 0.0417. The van der Waals surface area contributed by atoms with Crippen LogP contribution in [0.25, 0.3) is 22.5 Å². The molecule has 0 bridgehead atoms. The van der Waals surface area contributed by atoms with Crippen LogP contribution in [0.3, 0.4) is 0 Å². The number of phenolic OH excluding ortho intramolecular Hbond substituents is 1. The molecule has 30 heavy (non-hydrogen) atoms. The van der Waals surface area contributed by atoms with Gasteiger partial charge in [-0.3, -0.25) is 0 Å². The highest BCUT2D eigenvalue weighted by Gasteiger charge is 2.11. The normalized spacial score (nSPS) is 11.0. The molecular weight excluding hydrogens is 440 g/mol. The van der Waals surface area contributed by atoms with Crippen molar-refractivity contribution in [2.24, 2.45) is 5.10 Å². The number of hydrazone groups is 1. The minimum atomic E-state index is 0.152. The molecule has 0 aliphatic heterocycles. The van der Waals surface area contributed by atoms with E-state index in [9.17, 15) is 5.11 Å². The molecule has 6 heteroatoms. The van der Waals surface area contributed by atoms with Crippen LogP contribution in [0.4, 0.5) is 5.95 Å². The van der Waals surface area contributed by atoms with Crippen molar-refractivity contribution in [3.63, 3.8) is 0 Å². The molecule has 5 nitrogen and oxygen atoms in total. The second-order valence-corrected chi connectivity index (χ2v) is 7.56. The topological polar surface area (TPSA) is 61.6 Å². The SMILES string of the molecule is CN(N=Cc1cc(Br)ccc1O)c1nc(-c2ccccc2)cc(-c2ccccc2)n1. The number of hydrogen-bond donors (Lipinski definition) is 1. The van der Waals surface area contributed by atoms with Gasteiger partial charge in [0.05, 0.1) is 17.6 Å². The second kappa shape index (κ2) is 8.88. The van der Waals surface area contributed by atoms with Gasteiger partial charge in [0, 0.05) is 28.2 Å². The van der Waals surface area contributed by atoms with Crippen LogP contribution in [0.2, 0.25) is 0 Å². The molecule has 0 spiro atoms. The van der Waals surface area contributed by atoms with E-state index in [0.717, 1.165) is 27.0 Å². The third-order valence-corrected chi connectivity index (χ3v) is 5.00. The quantitative estimate of drug-likeness (QED) is 0.305. The Kier molecular flexibility index (Phi) is 5.86. The fourth-order valence-electron chi connectivity index (χ4n) is 2.92. The summed E-state index contributed by atoms with van der Waals surface area (Å²) in [5, 5.41) is 16.1. The zero-order valence-electron chi connectivity index (χ0n) is 16.3. The molecule has 148 valence electrons. The zero-order chi connectivity index (χ0) is 20.9. The average Bonchev–Trinajstić information content (AvgIpc) is 2.80. The van der Waals surface area contributed by atoms with Crippen molar-refractivity contribution in [3.05, 3.63) is 95.0 Å². The second-order valence-electron chi connectivity index (χ2n) is 6.64. The van der Waals surface area contributed by atoms with E-state index in [1.54, 1.807) is 36.5 Å². The smallest absolute Gasteiger partial charge is 0.247 e. The Labute approximate surface area is 183 Å². The van der Waals surface area contributed by atoms with Crippen LogP contribution in [0.5, 0.6) is 5.75 Å². The number of benzene rings is 3. The number of phenols is 1. The van der Waals surface area contributed by atoms with E-state index in [1.807, 2.05) is 66.7 Å². The average molecular weight is 459 g/mol. The standard InChI is InChI=1S/C24H19BrN4O/c1-29(26-16-19-14-20(25)12-13-23(19)30)24-27-21(17-8-4-2-5-9-17)15-22(28-24)18-10-6-3-7-11-18/h2-16,30H,1H3. The lowest BCUT2D eigenvalue weighted by atomic mass is 10.1. The van der Waals surface area contributed by atoms with Crippen molar-refractivity contribution in [2.45, 2.75) is 0 Å². The molecule has 3 aromatic carbocycles. The van der Waals surface area contributed by atoms with Crippen molar-refractivity contribution in [1.29, 1.82) is 0 Å². The third-order valence-electron chi connectivity index (χ3n) is 4.50. The van der Waals surface area contributed by atoms with E-state index in [4.69, 9.17) is 9.97 Å². The summed E-state index contributed by atoms with van der Waals surface area (Å²) in [6, 6.07) is 27.1. The molecule has 1 N–H and O–H groups in total. The van der Waals surface area contributed by atoms with Crippen molar-refractivity contribution < 1.29 is 5.11 Å². The maximum absolute atomic E-state index is 10.0. The molecule has 0 fully saturated rings. The van der Waals surface area contributed by atoms with Gasteiger partial charge >= 0.3 is 0 Å². The lowest BCUT2D eigenvalue weighted by Crippen LogP contribution is -2.13. The van der Waals surface area contributed by atoms with Gasteiger partial charge in [0.25, 0.3) is 0 Å². The Morgan fingerprint density at radius 1 is 0.833 bits per heavy atom. The van der Waals surface area contributed by atoms with Gasteiger partial charge in [0.15, 0.2) is 0 Å². The first-order valence-corrected chi connectivity index (χ1v) is 10.2. The lowest BCUT2D eigenvalue weighted by Gasteiger charge is -2.14. The number of rotatable bonds is 5. The molecule has 4 rings (SSSR count). The van der Waals surface area contributed by atoms with Crippen molar-refractivity contribution >= 4 is 28.1 Å². The minimum absolute atomic E-state index is 0.152. The summed E-state index contributed by atoms with van der Waals surface area (Å²) in [4.78, 5) is 9.42. The van der Waals surface area contributed by atoms with Crippen molar-refractivity contribution in [3.8, 4) is 28.3 Å². The van der Waals surface area contributed by atoms with Crippen LogP contribution >= 0.6 is 15.9 Å². The Morgan fingerprint density at radius 3 is 1.97 bits per heavy atom. The zero-order valence-corrected chi connectivity index (χ0v) is 17.9. The van der Waals surface area contributed by atoms with E-state index >= 15 is 0 Å². The molecule has 0 saturated carbocycles. The Hall–Kier alpha value is -3.51. The minimum Gasteiger partial charge on any atom is -0.507 e. The molecule has 0 unspecified atom stereocenters. The van der Waals surface area contributed by atoms with Crippen LogP contribution < -0.4 is 5.01 Å². The molecule has 0 atom stereocenters. The largest absolute Gasteiger partial charge is 0.507 e. The molecule has 0 aliphatic rings. The molecule has 4 aromatic rings. The molecule has 0 saturated heterocycles. The number of nitrogens with zero attached hydrogens (tertiary/aromatic N) is 4. The summed E-state index contributed by atoms with van der Waals surface area (Å²) in [6.45, 7) is 0. The van der Waals surface area contributed by atoms with Crippen LogP contribution in [0, 0.1) is 0 Å². The first kappa shape index (κ1) is 19.8. The summed E-state index contributed by atoms with van der Waals surface area (Å²) >= 11 is 3.41. The number of halogens is 1. The highest BCUT2D eigenvalue weighted by Crippen LogP contribution is 2.26. The monoisotopic (exact) mass is 458 g/mol. The Bertz CT molecular complexity index is 1120. The van der Waals surface area contributed by atoms with E-state index in [1.165, 1.54) is 0 Å². The van der Waals surface area contributed by atoms with Gasteiger partial charge in [-0.05, 0) is 24.3 Å². The number of anilines is 1. The van der Waals surface area contributed by atoms with Gasteiger partial charge in [0.1, 0.15) is 5.75 Å². The molecule has 0 amide bonds. The van der Waals surface area contributed by atoms with E-state index < -0.39 is 0 Å². The number of aromatic nitrogens is 2. The first-order chi connectivity index (χ1) is 14.6. The summed E-state index contributed by atoms with van der Waals surface area (Å²) in [5.74, 6) is 0.611. The molecule has 1 heterocycles. The van der Waals surface area contributed by atoms with E-state index in [2.05, 4.69) is 21.0 Å². The van der Waals surface area contributed by atoms with Gasteiger partial charge in [-0.25, -0.2) is 15.0 Å². The van der Waals surface area contributed by atoms with Crippen LogP contribution in [-0.2, 0) is 0 Å². The predicted molar refractivity (Wildman–Crippen MR) is 125 cm³/mol. The fourth-order valence-corrected chi connectivity index (χ4v) is 3.30. The molecular formula is C24H19BrN4O. The van der Waals surface area contributed by atoms with Gasteiger partial charge in [-0.1, -0.05) is 76.6 Å². The maximum atomic E-state index is 10.0. The Morgan fingerprint density at radius 2 is 1.40 bits per heavy atom. The highest BCUT2D eigenvalue weighted by molar-refractivity contribution is 9.10. The van der Waals surface area contributed by atoms with Gasteiger partial charge < -0.3 is 5.11 Å². The third kappa shape index (κ3) is 4.55. The van der Waals surface area contributed by atoms with Gasteiger partial charge in [-0.2, -0.15) is 5.10 Å². The molecule has 0 radical (unpaired) electrons. The summed E-state index contributed by atoms with van der Waals surface area (Å²) in [6.07, 6.45) is 1.58. The predicted octanol–water partition coefficient (Wildman–Crippen LogP) is 5.75. The number of hydrogen-bond acceptors (Lipinski definition) is 5. The van der Waals surface area contributed by atoms with Gasteiger partial charge in [-0.15, -0.1) is 0 Å². The van der Waals surface area contributed by atoms with Crippen molar-refractivity contribution in [1.82, 2.24) is 9.97 Å². The highest BCUT2D eigenvalue weighted by atomic mass is 79.9. The van der Waals surface area contributed by atoms with Gasteiger partial charge in [0.2, 0.25) is 5.95 Å². The Balaban J connectivity index is 1.74. The summed E-state index contributed by atoms with van der Waals surface area (Å²) in [7, 11) is 1.78. The first-order valence-electron chi connectivity index (χ1n) is 9.36. The lowest BCUT2D eigenvalue weighted by molar-refractivity contribution is 0.474. The van der Waals surface area contributed by atoms with Crippen LogP contribution in [0.15, 0.2) is 94.5 Å². The van der Waals surface area contributed by atoms with E-state index in [0.29, 0.717) is 11.5 Å². The number of aromatic hydroxyl groups is 1. The van der Waals surface area contributed by atoms with Crippen molar-refractivity contribution in [2.75, 3.05) is 12.1 Å². The van der Waals surface area contributed by atoms with Crippen LogP contribution in [-0.4, -0.2) is 28.3 Å². The summed E-state index contributed by atoms with van der Waals surface area (Å²) < 4.78 is 0.859. The maximum Gasteiger partial charge on any atom is 0.247 e. The van der Waals surface area contributed by atoms with E-state index in [-0.39, 0.29) is 5.75 Å². The summed E-state index contributed by atoms with van der Waals surface area (Å²) in [5.41, 5.74) is 4.22. The molecule has 0 aliphatic carbocycles. The van der Waals surface area contributed by atoms with Crippen LogP contribution in [0.1, 0.15) is 5.56 Å². The molecule has 1 aromatic heterocycles.